The molecule has 2 amide bonds. The van der Waals surface area contributed by atoms with Crippen LogP contribution in [0.2, 0.25) is 0 Å². The summed E-state index contributed by atoms with van der Waals surface area (Å²) in [5.74, 6) is -0.423. The number of amides is 2. The van der Waals surface area contributed by atoms with Gasteiger partial charge in [0.05, 0.1) is 23.3 Å². The summed E-state index contributed by atoms with van der Waals surface area (Å²) in [5.41, 5.74) is 7.13. The van der Waals surface area contributed by atoms with Crippen molar-refractivity contribution in [2.45, 2.75) is 45.3 Å². The van der Waals surface area contributed by atoms with Crippen LogP contribution in [0.25, 0.3) is 0 Å². The summed E-state index contributed by atoms with van der Waals surface area (Å²) in [7, 11) is 0. The highest BCUT2D eigenvalue weighted by atomic mass is 79.9. The molecular weight excluding hydrogens is 464 g/mol. The first-order chi connectivity index (χ1) is 14.6. The number of nitrogens with one attached hydrogen (secondary N) is 2. The molecule has 1 aliphatic rings. The van der Waals surface area contributed by atoms with Crippen molar-refractivity contribution in [3.63, 3.8) is 0 Å². The maximum absolute atomic E-state index is 12.8. The van der Waals surface area contributed by atoms with Crippen molar-refractivity contribution in [3.8, 4) is 0 Å². The van der Waals surface area contributed by atoms with E-state index < -0.39 is 17.6 Å². The Balaban J connectivity index is 1.73. The Kier molecular flexibility index (Phi) is 6.99. The van der Waals surface area contributed by atoms with E-state index in [0.29, 0.717) is 16.8 Å². The minimum atomic E-state index is -0.552. The summed E-state index contributed by atoms with van der Waals surface area (Å²) in [6, 6.07) is 5.06. The fraction of sp³-hybridized carbons (Fsp3) is 0.429. The molecule has 0 aromatic carbocycles. The zero-order valence-electron chi connectivity index (χ0n) is 17.8. The van der Waals surface area contributed by atoms with Crippen LogP contribution in [0.5, 0.6) is 0 Å². The third-order valence-electron chi connectivity index (χ3n) is 4.64. The van der Waals surface area contributed by atoms with Gasteiger partial charge in [0.15, 0.2) is 5.69 Å². The van der Waals surface area contributed by atoms with E-state index in [0.717, 1.165) is 25.1 Å². The summed E-state index contributed by atoms with van der Waals surface area (Å²) in [5, 5.41) is 5.80. The highest BCUT2D eigenvalue weighted by molar-refractivity contribution is 9.10. The number of nitrogens with two attached hydrogens (primary N) is 1. The van der Waals surface area contributed by atoms with Gasteiger partial charge in [-0.3, -0.25) is 9.78 Å². The predicted molar refractivity (Wildman–Crippen MR) is 123 cm³/mol. The molecule has 1 unspecified atom stereocenters. The lowest BCUT2D eigenvalue weighted by molar-refractivity contribution is 0.0500. The van der Waals surface area contributed by atoms with Crippen LogP contribution < -0.4 is 21.3 Å². The lowest BCUT2D eigenvalue weighted by Crippen LogP contribution is -2.49. The van der Waals surface area contributed by atoms with Gasteiger partial charge < -0.3 is 26.0 Å². The number of alkyl carbamates (subject to hydrolysis) is 1. The maximum atomic E-state index is 12.8. The van der Waals surface area contributed by atoms with Gasteiger partial charge >= 0.3 is 6.09 Å². The number of ether oxygens (including phenoxy) is 1. The molecular formula is C21H27BrN6O3. The third-order valence-corrected chi connectivity index (χ3v) is 5.08. The SMILES string of the molecule is CC(C)(C)OC(=O)NC1CCCN(c2ccncc2NC(=O)c2nc(Br)ccc2N)C1. The Hall–Kier alpha value is -2.88. The molecule has 0 saturated carbocycles. The molecule has 0 spiro atoms. The van der Waals surface area contributed by atoms with Gasteiger partial charge in [0.2, 0.25) is 0 Å². The molecule has 9 nitrogen and oxygen atoms in total. The van der Waals surface area contributed by atoms with E-state index in [-0.39, 0.29) is 17.4 Å². The number of nitrogens with zero attached hydrogens (tertiary/aromatic N) is 3. The average molecular weight is 491 g/mol. The molecule has 4 N–H and O–H groups in total. The van der Waals surface area contributed by atoms with Crippen molar-refractivity contribution in [1.29, 1.82) is 0 Å². The van der Waals surface area contributed by atoms with Gasteiger partial charge in [0.1, 0.15) is 10.2 Å². The molecule has 31 heavy (non-hydrogen) atoms. The molecule has 3 rings (SSSR count). The van der Waals surface area contributed by atoms with E-state index in [1.807, 2.05) is 26.8 Å². The zero-order valence-corrected chi connectivity index (χ0v) is 19.4. The van der Waals surface area contributed by atoms with E-state index in [9.17, 15) is 9.59 Å². The van der Waals surface area contributed by atoms with Crippen molar-refractivity contribution in [2.75, 3.05) is 29.0 Å². The van der Waals surface area contributed by atoms with Crippen LogP contribution in [-0.2, 0) is 4.74 Å². The Morgan fingerprint density at radius 3 is 2.81 bits per heavy atom. The quantitative estimate of drug-likeness (QED) is 0.559. The number of aromatic nitrogens is 2. The topological polar surface area (TPSA) is 122 Å². The number of anilines is 3. The van der Waals surface area contributed by atoms with Crippen LogP contribution in [0.3, 0.4) is 0 Å². The van der Waals surface area contributed by atoms with Gasteiger partial charge in [-0.25, -0.2) is 9.78 Å². The molecule has 1 saturated heterocycles. The fourth-order valence-electron chi connectivity index (χ4n) is 3.36. The van der Waals surface area contributed by atoms with Crippen molar-refractivity contribution >= 4 is 45.0 Å². The number of carbonyl (C=O) groups excluding carboxylic acids is 2. The number of nitrogen functional groups attached to an aromatic ring is 1. The van der Waals surface area contributed by atoms with E-state index in [1.54, 1.807) is 24.5 Å². The minimum Gasteiger partial charge on any atom is -0.444 e. The molecule has 0 radical (unpaired) electrons. The van der Waals surface area contributed by atoms with Crippen molar-refractivity contribution < 1.29 is 14.3 Å². The molecule has 10 heteroatoms. The number of piperidine rings is 1. The Morgan fingerprint density at radius 1 is 1.29 bits per heavy atom. The first-order valence-electron chi connectivity index (χ1n) is 10.0. The normalized spacial score (nSPS) is 16.5. The van der Waals surface area contributed by atoms with Crippen LogP contribution in [0, 0.1) is 0 Å². The lowest BCUT2D eigenvalue weighted by Gasteiger charge is -2.35. The molecule has 3 heterocycles. The van der Waals surface area contributed by atoms with Crippen LogP contribution in [-0.4, -0.2) is 46.7 Å². The second kappa shape index (κ2) is 9.51. The maximum Gasteiger partial charge on any atom is 0.407 e. The Morgan fingerprint density at radius 2 is 2.06 bits per heavy atom. The average Bonchev–Trinajstić information content (AvgIpc) is 2.69. The number of hydrogen-bond acceptors (Lipinski definition) is 7. The molecule has 0 bridgehead atoms. The second-order valence-corrected chi connectivity index (χ2v) is 9.16. The summed E-state index contributed by atoms with van der Waals surface area (Å²) < 4.78 is 5.89. The van der Waals surface area contributed by atoms with Crippen molar-refractivity contribution in [2.24, 2.45) is 0 Å². The summed E-state index contributed by atoms with van der Waals surface area (Å²) in [4.78, 5) is 35.4. The number of hydrogen-bond donors (Lipinski definition) is 3. The third kappa shape index (κ3) is 6.30. The monoisotopic (exact) mass is 490 g/mol. The van der Waals surface area contributed by atoms with Gasteiger partial charge in [-0.15, -0.1) is 0 Å². The predicted octanol–water partition coefficient (Wildman–Crippen LogP) is 3.57. The first-order valence-corrected chi connectivity index (χ1v) is 10.8. The van der Waals surface area contributed by atoms with Gasteiger partial charge in [0.25, 0.3) is 5.91 Å². The molecule has 1 aliphatic heterocycles. The summed E-state index contributed by atoms with van der Waals surface area (Å²) in [6.45, 7) is 6.87. The summed E-state index contributed by atoms with van der Waals surface area (Å²) in [6.07, 6.45) is 4.56. The van der Waals surface area contributed by atoms with Crippen molar-refractivity contribution in [1.82, 2.24) is 15.3 Å². The smallest absolute Gasteiger partial charge is 0.407 e. The van der Waals surface area contributed by atoms with Crippen LogP contribution >= 0.6 is 15.9 Å². The highest BCUT2D eigenvalue weighted by Crippen LogP contribution is 2.28. The number of halogens is 1. The van der Waals surface area contributed by atoms with Gasteiger partial charge in [-0.1, -0.05) is 0 Å². The van der Waals surface area contributed by atoms with Gasteiger partial charge in [-0.05, 0) is 67.7 Å². The minimum absolute atomic E-state index is 0.0669. The van der Waals surface area contributed by atoms with Crippen LogP contribution in [0.15, 0.2) is 35.2 Å². The van der Waals surface area contributed by atoms with E-state index in [2.05, 4.69) is 41.4 Å². The van der Waals surface area contributed by atoms with E-state index in [1.165, 1.54) is 0 Å². The Labute approximate surface area is 189 Å². The first kappa shape index (κ1) is 22.8. The zero-order chi connectivity index (χ0) is 22.6. The van der Waals surface area contributed by atoms with E-state index in [4.69, 9.17) is 10.5 Å². The second-order valence-electron chi connectivity index (χ2n) is 8.35. The Bertz CT molecular complexity index is 962. The summed E-state index contributed by atoms with van der Waals surface area (Å²) >= 11 is 3.26. The van der Waals surface area contributed by atoms with Crippen LogP contribution in [0.4, 0.5) is 21.9 Å². The number of rotatable bonds is 4. The standard InChI is InChI=1S/C21H27BrN6O3/c1-21(2,3)31-20(30)25-13-5-4-10-28(12-13)16-8-9-24-11-15(16)26-19(29)18-14(23)6-7-17(22)27-18/h6-9,11,13H,4-5,10,12,23H2,1-3H3,(H,25,30)(H,26,29). The molecule has 2 aromatic rings. The number of pyridine rings is 2. The molecule has 1 atom stereocenters. The molecule has 166 valence electrons. The lowest BCUT2D eigenvalue weighted by atomic mass is 10.0. The number of carbonyl (C=O) groups is 2. The largest absolute Gasteiger partial charge is 0.444 e. The van der Waals surface area contributed by atoms with Gasteiger partial charge in [0, 0.05) is 25.3 Å². The highest BCUT2D eigenvalue weighted by Gasteiger charge is 2.26. The van der Waals surface area contributed by atoms with Crippen molar-refractivity contribution in [3.05, 3.63) is 40.9 Å². The molecule has 2 aromatic heterocycles. The van der Waals surface area contributed by atoms with Gasteiger partial charge in [-0.2, -0.15) is 0 Å². The van der Waals surface area contributed by atoms with E-state index >= 15 is 0 Å². The van der Waals surface area contributed by atoms with Crippen LogP contribution in [0.1, 0.15) is 44.1 Å². The molecule has 0 aliphatic carbocycles. The molecule has 1 fully saturated rings. The fourth-order valence-corrected chi connectivity index (χ4v) is 3.67.